The minimum Gasteiger partial charge on any atom is -0.384 e. The first kappa shape index (κ1) is 38.3. The molecular weight excluding hydrogens is 454 g/mol. The molecule has 0 amide bonds. The SMILES string of the molecule is CC.CCC.CCC.CCNc1ccccc1SC(C)/C=C/C=C/C=C(C)C.Cc1ccccc1C. The van der Waals surface area contributed by atoms with Crippen LogP contribution in [-0.4, -0.2) is 11.8 Å². The van der Waals surface area contributed by atoms with E-state index in [2.05, 4.69) is 153 Å². The summed E-state index contributed by atoms with van der Waals surface area (Å²) in [5.41, 5.74) is 5.27. The van der Waals surface area contributed by atoms with Crippen LogP contribution in [-0.2, 0) is 0 Å². The molecule has 2 aromatic carbocycles. The molecule has 1 atom stereocenters. The van der Waals surface area contributed by atoms with E-state index in [1.54, 1.807) is 0 Å². The molecule has 0 radical (unpaired) electrons. The number of para-hydroxylation sites is 1. The third-order valence-corrected chi connectivity index (χ3v) is 5.17. The molecule has 1 unspecified atom stereocenters. The number of hydrogen-bond donors (Lipinski definition) is 1. The fourth-order valence-electron chi connectivity index (χ4n) is 2.34. The Labute approximate surface area is 230 Å². The molecule has 0 aliphatic carbocycles. The fraction of sp³-hybridized carbons (Fsp3) is 0.471. The summed E-state index contributed by atoms with van der Waals surface area (Å²) in [6.07, 6.45) is 13.1. The van der Waals surface area contributed by atoms with Crippen LogP contribution in [0.5, 0.6) is 0 Å². The van der Waals surface area contributed by atoms with Crippen LogP contribution in [0.25, 0.3) is 0 Å². The normalized spacial score (nSPS) is 10.3. The first-order valence-electron chi connectivity index (χ1n) is 13.8. The lowest BCUT2D eigenvalue weighted by molar-refractivity contribution is 1.09. The van der Waals surface area contributed by atoms with Crippen molar-refractivity contribution in [2.75, 3.05) is 11.9 Å². The molecule has 0 saturated carbocycles. The Hall–Kier alpha value is -2.19. The molecule has 0 fully saturated rings. The van der Waals surface area contributed by atoms with Gasteiger partial charge in [-0.15, -0.1) is 11.8 Å². The largest absolute Gasteiger partial charge is 0.384 e. The molecule has 0 aromatic heterocycles. The molecule has 0 spiro atoms. The highest BCUT2D eigenvalue weighted by atomic mass is 32.2. The molecule has 2 rings (SSSR count). The van der Waals surface area contributed by atoms with Gasteiger partial charge in [-0.1, -0.05) is 127 Å². The highest BCUT2D eigenvalue weighted by Gasteiger charge is 2.04. The van der Waals surface area contributed by atoms with E-state index in [1.807, 2.05) is 25.6 Å². The van der Waals surface area contributed by atoms with Gasteiger partial charge in [-0.2, -0.15) is 0 Å². The first-order valence-corrected chi connectivity index (χ1v) is 14.6. The molecule has 1 N–H and O–H groups in total. The van der Waals surface area contributed by atoms with Gasteiger partial charge in [-0.25, -0.2) is 0 Å². The number of rotatable bonds is 7. The zero-order valence-corrected chi connectivity index (χ0v) is 26.4. The summed E-state index contributed by atoms with van der Waals surface area (Å²) in [7, 11) is 0. The zero-order chi connectivity index (χ0) is 28.2. The molecule has 36 heavy (non-hydrogen) atoms. The van der Waals surface area contributed by atoms with Gasteiger partial charge in [0.25, 0.3) is 0 Å². The summed E-state index contributed by atoms with van der Waals surface area (Å²) in [4.78, 5) is 1.31. The van der Waals surface area contributed by atoms with Crippen molar-refractivity contribution in [2.45, 2.75) is 106 Å². The number of aryl methyl sites for hydroxylation is 2. The van der Waals surface area contributed by atoms with Crippen molar-refractivity contribution < 1.29 is 0 Å². The Morgan fingerprint density at radius 2 is 1.25 bits per heavy atom. The summed E-state index contributed by atoms with van der Waals surface area (Å²) in [5.74, 6) is 0. The minimum atomic E-state index is 0.450. The molecular formula is C34H57NS. The second-order valence-electron chi connectivity index (χ2n) is 8.36. The molecule has 0 saturated heterocycles. The predicted molar refractivity (Wildman–Crippen MR) is 173 cm³/mol. The lowest BCUT2D eigenvalue weighted by Crippen LogP contribution is -1.99. The van der Waals surface area contributed by atoms with Crippen molar-refractivity contribution in [1.29, 1.82) is 0 Å². The lowest BCUT2D eigenvalue weighted by Gasteiger charge is -2.12. The molecule has 0 aliphatic rings. The molecule has 0 aliphatic heterocycles. The van der Waals surface area contributed by atoms with Gasteiger partial charge in [0.05, 0.1) is 0 Å². The van der Waals surface area contributed by atoms with E-state index in [9.17, 15) is 0 Å². The molecule has 0 heterocycles. The number of thioether (sulfide) groups is 1. The van der Waals surface area contributed by atoms with Crippen LogP contribution in [0, 0.1) is 13.8 Å². The molecule has 2 heteroatoms. The topological polar surface area (TPSA) is 12.0 Å². The van der Waals surface area contributed by atoms with E-state index in [-0.39, 0.29) is 0 Å². The molecule has 1 nitrogen and oxygen atoms in total. The lowest BCUT2D eigenvalue weighted by atomic mass is 10.1. The first-order chi connectivity index (χ1) is 17.3. The summed E-state index contributed by atoms with van der Waals surface area (Å²) < 4.78 is 0. The number of benzene rings is 2. The van der Waals surface area contributed by atoms with Gasteiger partial charge in [0.1, 0.15) is 0 Å². The van der Waals surface area contributed by atoms with Gasteiger partial charge in [0, 0.05) is 22.4 Å². The quantitative estimate of drug-likeness (QED) is 0.293. The van der Waals surface area contributed by atoms with Crippen LogP contribution >= 0.6 is 11.8 Å². The Morgan fingerprint density at radius 1 is 0.778 bits per heavy atom. The number of nitrogens with one attached hydrogen (secondary N) is 1. The number of allylic oxidation sites excluding steroid dienone is 5. The van der Waals surface area contributed by atoms with Crippen LogP contribution in [0.1, 0.15) is 93.2 Å². The summed E-state index contributed by atoms with van der Waals surface area (Å²) in [6, 6.07) is 16.8. The fourth-order valence-corrected chi connectivity index (χ4v) is 3.34. The van der Waals surface area contributed by atoms with Crippen molar-refractivity contribution in [2.24, 2.45) is 0 Å². The van der Waals surface area contributed by atoms with E-state index in [0.717, 1.165) is 6.54 Å². The van der Waals surface area contributed by atoms with E-state index in [0.29, 0.717) is 5.25 Å². The van der Waals surface area contributed by atoms with Crippen molar-refractivity contribution >= 4 is 17.4 Å². The van der Waals surface area contributed by atoms with Crippen LogP contribution in [0.2, 0.25) is 0 Å². The van der Waals surface area contributed by atoms with Gasteiger partial charge < -0.3 is 5.32 Å². The maximum atomic E-state index is 3.40. The van der Waals surface area contributed by atoms with Crippen molar-refractivity contribution in [3.8, 4) is 0 Å². The Balaban J connectivity index is -0.000000556. The smallest absolute Gasteiger partial charge is 0.0478 e. The van der Waals surface area contributed by atoms with Gasteiger partial charge in [-0.3, -0.25) is 0 Å². The number of hydrogen-bond acceptors (Lipinski definition) is 2. The summed E-state index contributed by atoms with van der Waals surface area (Å²) in [5, 5.41) is 3.85. The minimum absolute atomic E-state index is 0.450. The summed E-state index contributed by atoms with van der Waals surface area (Å²) in [6.45, 7) is 26.2. The standard InChI is InChI=1S/C18H25NS.C8H10.2C3H8.C2H6/c1-5-19-17-13-9-10-14-18(17)20-16(4)12-8-6-7-11-15(2)3;1-7-5-3-4-6-8(7)2;2*1-3-2;1-2/h6-14,16,19H,5H2,1-4H3;3-6H,1-2H3;2*3H2,1-2H3;1-2H3/b7-6+,12-8+;;;;. The van der Waals surface area contributed by atoms with E-state index < -0.39 is 0 Å². The monoisotopic (exact) mass is 511 g/mol. The van der Waals surface area contributed by atoms with Crippen LogP contribution < -0.4 is 5.32 Å². The second kappa shape index (κ2) is 29.0. The molecule has 0 bridgehead atoms. The van der Waals surface area contributed by atoms with E-state index in [1.165, 1.54) is 40.1 Å². The van der Waals surface area contributed by atoms with Crippen LogP contribution in [0.3, 0.4) is 0 Å². The van der Waals surface area contributed by atoms with Gasteiger partial charge in [0.15, 0.2) is 0 Å². The third kappa shape index (κ3) is 24.9. The van der Waals surface area contributed by atoms with Gasteiger partial charge in [0.2, 0.25) is 0 Å². The average Bonchev–Trinajstić information content (AvgIpc) is 2.85. The van der Waals surface area contributed by atoms with Crippen LogP contribution in [0.15, 0.2) is 89.4 Å². The molecule has 204 valence electrons. The second-order valence-corrected chi connectivity index (χ2v) is 9.78. The van der Waals surface area contributed by atoms with Crippen molar-refractivity contribution in [1.82, 2.24) is 0 Å². The highest BCUT2D eigenvalue weighted by Crippen LogP contribution is 2.30. The Kier molecular flexibility index (Phi) is 30.9. The Bertz CT molecular complexity index is 790. The van der Waals surface area contributed by atoms with E-state index >= 15 is 0 Å². The van der Waals surface area contributed by atoms with Crippen LogP contribution in [0.4, 0.5) is 5.69 Å². The van der Waals surface area contributed by atoms with Gasteiger partial charge in [-0.05, 0) is 64.8 Å². The third-order valence-electron chi connectivity index (χ3n) is 4.03. The Morgan fingerprint density at radius 3 is 1.69 bits per heavy atom. The van der Waals surface area contributed by atoms with Crippen molar-refractivity contribution in [3.63, 3.8) is 0 Å². The predicted octanol–water partition coefficient (Wildman–Crippen LogP) is 11.8. The molecule has 2 aromatic rings. The van der Waals surface area contributed by atoms with E-state index in [4.69, 9.17) is 0 Å². The highest BCUT2D eigenvalue weighted by molar-refractivity contribution is 8.00. The van der Waals surface area contributed by atoms with Crippen molar-refractivity contribution in [3.05, 3.63) is 95.6 Å². The number of anilines is 1. The maximum Gasteiger partial charge on any atom is 0.0478 e. The van der Waals surface area contributed by atoms with Gasteiger partial charge >= 0.3 is 0 Å². The average molecular weight is 512 g/mol. The zero-order valence-electron chi connectivity index (χ0n) is 25.6. The summed E-state index contributed by atoms with van der Waals surface area (Å²) >= 11 is 1.88. The maximum absolute atomic E-state index is 3.40.